The quantitative estimate of drug-likeness (QED) is 0.467. The smallest absolute Gasteiger partial charge is 0.314 e. The molecule has 1 aliphatic rings. The fraction of sp³-hybridized carbons (Fsp3) is 0.833. The third-order valence-electron chi connectivity index (χ3n) is 1.73. The first-order valence-electron chi connectivity index (χ1n) is 2.90. The average Bonchev–Trinajstić information content (AvgIpc) is 1.96. The molecule has 1 saturated heterocycles. The molecule has 1 heterocycles. The van der Waals surface area contributed by atoms with Gasteiger partial charge in [-0.3, -0.25) is 4.79 Å². The second kappa shape index (κ2) is 1.70. The van der Waals surface area contributed by atoms with Gasteiger partial charge in [-0.1, -0.05) is 0 Å². The maximum absolute atomic E-state index is 10.7. The minimum Gasteiger partial charge on any atom is -0.462 e. The molecule has 3 nitrogen and oxygen atoms in total. The standard InChI is InChI=1S/C6H10O3/c1-6(2)4(7)3-9-5(6)8/h4,7H,3H2,1-2H3/t4-/m0/s1. The van der Waals surface area contributed by atoms with Crippen LogP contribution in [-0.4, -0.2) is 23.8 Å². The third-order valence-corrected chi connectivity index (χ3v) is 1.73. The molecule has 0 aromatic heterocycles. The number of carbonyl (C=O) groups excluding carboxylic acids is 1. The second-order valence-corrected chi connectivity index (χ2v) is 2.84. The maximum atomic E-state index is 10.7. The van der Waals surface area contributed by atoms with Crippen LogP contribution in [0.2, 0.25) is 0 Å². The molecule has 52 valence electrons. The number of hydrogen-bond donors (Lipinski definition) is 1. The van der Waals surface area contributed by atoms with Crippen molar-refractivity contribution in [2.75, 3.05) is 6.61 Å². The minimum absolute atomic E-state index is 0.145. The predicted molar refractivity (Wildman–Crippen MR) is 30.7 cm³/mol. The van der Waals surface area contributed by atoms with Crippen LogP contribution in [0.15, 0.2) is 0 Å². The van der Waals surface area contributed by atoms with Crippen molar-refractivity contribution >= 4 is 5.97 Å². The van der Waals surface area contributed by atoms with Crippen LogP contribution in [0.4, 0.5) is 0 Å². The summed E-state index contributed by atoms with van der Waals surface area (Å²) in [5.41, 5.74) is -0.694. The summed E-state index contributed by atoms with van der Waals surface area (Å²) >= 11 is 0. The average molecular weight is 130 g/mol. The largest absolute Gasteiger partial charge is 0.462 e. The van der Waals surface area contributed by atoms with E-state index >= 15 is 0 Å². The van der Waals surface area contributed by atoms with Crippen LogP contribution in [0.3, 0.4) is 0 Å². The second-order valence-electron chi connectivity index (χ2n) is 2.84. The zero-order valence-corrected chi connectivity index (χ0v) is 5.55. The van der Waals surface area contributed by atoms with Crippen LogP contribution in [0, 0.1) is 5.41 Å². The van der Waals surface area contributed by atoms with Gasteiger partial charge in [-0.15, -0.1) is 0 Å². The van der Waals surface area contributed by atoms with Crippen molar-refractivity contribution in [3.63, 3.8) is 0 Å². The molecule has 3 heteroatoms. The minimum atomic E-state index is -0.694. The van der Waals surface area contributed by atoms with E-state index in [0.29, 0.717) is 0 Å². The van der Waals surface area contributed by atoms with Crippen LogP contribution in [-0.2, 0) is 9.53 Å². The number of esters is 1. The molecule has 0 radical (unpaired) electrons. The van der Waals surface area contributed by atoms with Crippen molar-refractivity contribution in [2.45, 2.75) is 20.0 Å². The molecular weight excluding hydrogens is 120 g/mol. The number of rotatable bonds is 0. The normalized spacial score (nSPS) is 32.3. The van der Waals surface area contributed by atoms with Crippen LogP contribution in [0.25, 0.3) is 0 Å². The van der Waals surface area contributed by atoms with Crippen LogP contribution >= 0.6 is 0 Å². The lowest BCUT2D eigenvalue weighted by atomic mass is 9.90. The third kappa shape index (κ3) is 0.812. The Balaban J connectivity index is 2.78. The van der Waals surface area contributed by atoms with Crippen LogP contribution in [0.5, 0.6) is 0 Å². The van der Waals surface area contributed by atoms with Gasteiger partial charge in [0.1, 0.15) is 12.7 Å². The molecule has 0 aliphatic carbocycles. The van der Waals surface area contributed by atoms with E-state index in [-0.39, 0.29) is 12.6 Å². The topological polar surface area (TPSA) is 46.5 Å². The molecule has 0 saturated carbocycles. The number of carbonyl (C=O) groups is 1. The molecule has 0 amide bonds. The van der Waals surface area contributed by atoms with Crippen molar-refractivity contribution in [2.24, 2.45) is 5.41 Å². The van der Waals surface area contributed by atoms with E-state index in [4.69, 9.17) is 5.11 Å². The van der Waals surface area contributed by atoms with E-state index in [1.54, 1.807) is 13.8 Å². The summed E-state index contributed by atoms with van der Waals surface area (Å²) in [6.07, 6.45) is -0.634. The van der Waals surface area contributed by atoms with Crippen LogP contribution in [0.1, 0.15) is 13.8 Å². The van der Waals surface area contributed by atoms with E-state index < -0.39 is 11.5 Å². The number of aliphatic hydroxyl groups is 1. The molecule has 1 atom stereocenters. The number of ether oxygens (including phenoxy) is 1. The zero-order chi connectivity index (χ0) is 7.07. The van der Waals surface area contributed by atoms with Gasteiger partial charge in [-0.25, -0.2) is 0 Å². The Kier molecular flexibility index (Phi) is 1.24. The fourth-order valence-electron chi connectivity index (χ4n) is 0.685. The zero-order valence-electron chi connectivity index (χ0n) is 5.55. The first-order valence-corrected chi connectivity index (χ1v) is 2.90. The molecule has 1 rings (SSSR count). The Labute approximate surface area is 53.6 Å². The van der Waals surface area contributed by atoms with Gasteiger partial charge in [0.25, 0.3) is 0 Å². The number of hydrogen-bond acceptors (Lipinski definition) is 3. The lowest BCUT2D eigenvalue weighted by Gasteiger charge is -2.14. The first kappa shape index (κ1) is 6.55. The summed E-state index contributed by atoms with van der Waals surface area (Å²) in [7, 11) is 0. The van der Waals surface area contributed by atoms with Gasteiger partial charge in [-0.2, -0.15) is 0 Å². The highest BCUT2D eigenvalue weighted by Crippen LogP contribution is 2.28. The molecule has 0 spiro atoms. The molecule has 0 aromatic carbocycles. The fourth-order valence-corrected chi connectivity index (χ4v) is 0.685. The van der Waals surface area contributed by atoms with E-state index in [1.165, 1.54) is 0 Å². The SMILES string of the molecule is CC1(C)C(=O)OC[C@@H]1O. The Morgan fingerprint density at radius 2 is 2.33 bits per heavy atom. The van der Waals surface area contributed by atoms with Crippen molar-refractivity contribution < 1.29 is 14.6 Å². The van der Waals surface area contributed by atoms with Crippen LogP contribution < -0.4 is 0 Å². The monoisotopic (exact) mass is 130 g/mol. The Hall–Kier alpha value is -0.570. The van der Waals surface area contributed by atoms with Gasteiger partial charge in [0, 0.05) is 0 Å². The highest BCUT2D eigenvalue weighted by Gasteiger charge is 2.43. The van der Waals surface area contributed by atoms with Gasteiger partial charge in [-0.05, 0) is 13.8 Å². The van der Waals surface area contributed by atoms with Gasteiger partial charge in [0.2, 0.25) is 0 Å². The summed E-state index contributed by atoms with van der Waals surface area (Å²) in [5.74, 6) is -0.310. The molecule has 9 heavy (non-hydrogen) atoms. The maximum Gasteiger partial charge on any atom is 0.314 e. The Bertz CT molecular complexity index is 139. The van der Waals surface area contributed by atoms with Crippen molar-refractivity contribution in [3.8, 4) is 0 Å². The lowest BCUT2D eigenvalue weighted by Crippen LogP contribution is -2.29. The van der Waals surface area contributed by atoms with Gasteiger partial charge in [0.05, 0.1) is 5.41 Å². The highest BCUT2D eigenvalue weighted by molar-refractivity contribution is 5.78. The van der Waals surface area contributed by atoms with E-state index in [9.17, 15) is 4.79 Å². The summed E-state index contributed by atoms with van der Waals surface area (Å²) < 4.78 is 4.59. The summed E-state index contributed by atoms with van der Waals surface area (Å²) in [6.45, 7) is 3.49. The van der Waals surface area contributed by atoms with Gasteiger partial charge in [0.15, 0.2) is 0 Å². The Morgan fingerprint density at radius 1 is 1.78 bits per heavy atom. The van der Waals surface area contributed by atoms with E-state index in [0.717, 1.165) is 0 Å². The number of aliphatic hydroxyl groups excluding tert-OH is 1. The van der Waals surface area contributed by atoms with E-state index in [1.807, 2.05) is 0 Å². The molecule has 1 aliphatic heterocycles. The summed E-state index contributed by atoms with van der Waals surface area (Å²) in [5, 5.41) is 9.08. The number of cyclic esters (lactones) is 1. The Morgan fingerprint density at radius 3 is 2.44 bits per heavy atom. The summed E-state index contributed by atoms with van der Waals surface area (Å²) in [4.78, 5) is 10.7. The van der Waals surface area contributed by atoms with Crippen molar-refractivity contribution in [1.82, 2.24) is 0 Å². The molecule has 0 unspecified atom stereocenters. The lowest BCUT2D eigenvalue weighted by molar-refractivity contribution is -0.145. The predicted octanol–water partition coefficient (Wildman–Crippen LogP) is -0.0697. The molecule has 1 fully saturated rings. The first-order chi connectivity index (χ1) is 4.05. The van der Waals surface area contributed by atoms with E-state index in [2.05, 4.69) is 4.74 Å². The van der Waals surface area contributed by atoms with Crippen molar-refractivity contribution in [3.05, 3.63) is 0 Å². The highest BCUT2D eigenvalue weighted by atomic mass is 16.6. The molecular formula is C6H10O3. The van der Waals surface area contributed by atoms with Crippen molar-refractivity contribution in [1.29, 1.82) is 0 Å². The van der Waals surface area contributed by atoms with Gasteiger partial charge >= 0.3 is 5.97 Å². The summed E-state index contributed by atoms with van der Waals surface area (Å²) in [6, 6.07) is 0. The molecule has 1 N–H and O–H groups in total. The van der Waals surface area contributed by atoms with Gasteiger partial charge < -0.3 is 9.84 Å². The molecule has 0 aromatic rings. The molecule has 0 bridgehead atoms.